The van der Waals surface area contributed by atoms with E-state index >= 15 is 0 Å². The summed E-state index contributed by atoms with van der Waals surface area (Å²) >= 11 is 0. The Labute approximate surface area is 149 Å². The number of hydrogen-bond acceptors (Lipinski definition) is 4. The first-order valence-corrected chi connectivity index (χ1v) is 9.19. The van der Waals surface area contributed by atoms with Crippen LogP contribution < -0.4 is 10.5 Å². The number of carbonyl (C=O) groups excluding carboxylic acids is 1. The smallest absolute Gasteiger partial charge is 0.254 e. The molecule has 1 atom stereocenters. The van der Waals surface area contributed by atoms with Crippen LogP contribution in [0, 0.1) is 0 Å². The van der Waals surface area contributed by atoms with E-state index in [1.165, 1.54) is 18.2 Å². The van der Waals surface area contributed by atoms with E-state index in [2.05, 4.69) is 11.3 Å². The number of piperidine rings is 1. The van der Waals surface area contributed by atoms with Gasteiger partial charge in [0.1, 0.15) is 0 Å². The Hall–Kier alpha value is -1.41. The van der Waals surface area contributed by atoms with Crippen LogP contribution in [0.2, 0.25) is 0 Å². The molecule has 134 valence electrons. The van der Waals surface area contributed by atoms with E-state index in [1.54, 1.807) is 17.0 Å². The third-order valence-electron chi connectivity index (χ3n) is 3.99. The highest BCUT2D eigenvalue weighted by atomic mass is 35.5. The van der Waals surface area contributed by atoms with E-state index in [0.29, 0.717) is 18.7 Å². The molecule has 0 aliphatic carbocycles. The fourth-order valence-corrected chi connectivity index (χ4v) is 3.71. The van der Waals surface area contributed by atoms with Crippen LogP contribution in [0.4, 0.5) is 0 Å². The van der Waals surface area contributed by atoms with Gasteiger partial charge in [-0.15, -0.1) is 19.0 Å². The van der Waals surface area contributed by atoms with E-state index < -0.39 is 10.0 Å². The van der Waals surface area contributed by atoms with E-state index in [9.17, 15) is 13.2 Å². The van der Waals surface area contributed by atoms with Crippen LogP contribution in [-0.2, 0) is 10.0 Å². The van der Waals surface area contributed by atoms with Crippen molar-refractivity contribution >= 4 is 28.3 Å². The number of carbonyl (C=O) groups is 1. The molecule has 1 aliphatic rings. The quantitative estimate of drug-likeness (QED) is 0.739. The molecule has 0 saturated carbocycles. The molecule has 1 aromatic carbocycles. The van der Waals surface area contributed by atoms with E-state index in [4.69, 9.17) is 5.73 Å². The summed E-state index contributed by atoms with van der Waals surface area (Å²) in [5, 5.41) is 0. The first-order chi connectivity index (χ1) is 11.0. The number of nitrogens with one attached hydrogen (secondary N) is 1. The monoisotopic (exact) mass is 373 g/mol. The van der Waals surface area contributed by atoms with Crippen LogP contribution >= 0.6 is 12.4 Å². The maximum Gasteiger partial charge on any atom is 0.254 e. The Morgan fingerprint density at radius 2 is 2.00 bits per heavy atom. The van der Waals surface area contributed by atoms with Gasteiger partial charge < -0.3 is 10.6 Å². The number of halogens is 1. The molecule has 1 unspecified atom stereocenters. The Morgan fingerprint density at radius 3 is 2.58 bits per heavy atom. The standard InChI is InChI=1S/C16H23N3O3S.ClH/c1-2-10-18-23(21,22)15-8-6-13(7-9-15)16(20)19-11-4-3-5-14(19)12-17;/h2,6-9,14,18H,1,3-5,10-12,17H2;1H. The second-order valence-corrected chi connectivity index (χ2v) is 7.32. The summed E-state index contributed by atoms with van der Waals surface area (Å²) in [6, 6.07) is 6.05. The van der Waals surface area contributed by atoms with Gasteiger partial charge in [-0.25, -0.2) is 13.1 Å². The first-order valence-electron chi connectivity index (χ1n) is 7.71. The minimum Gasteiger partial charge on any atom is -0.334 e. The van der Waals surface area contributed by atoms with Crippen molar-refractivity contribution in [3.05, 3.63) is 42.5 Å². The summed E-state index contributed by atoms with van der Waals surface area (Å²) in [7, 11) is -3.57. The van der Waals surface area contributed by atoms with Crippen molar-refractivity contribution in [3.63, 3.8) is 0 Å². The van der Waals surface area contributed by atoms with Gasteiger partial charge in [-0.3, -0.25) is 4.79 Å². The van der Waals surface area contributed by atoms with Crippen molar-refractivity contribution in [2.75, 3.05) is 19.6 Å². The third kappa shape index (κ3) is 4.80. The Bertz CT molecular complexity index is 662. The summed E-state index contributed by atoms with van der Waals surface area (Å²) in [5.74, 6) is -0.0943. The minimum atomic E-state index is -3.57. The van der Waals surface area contributed by atoms with Gasteiger partial charge in [0.25, 0.3) is 5.91 Å². The maximum atomic E-state index is 12.6. The van der Waals surface area contributed by atoms with Crippen molar-refractivity contribution in [1.82, 2.24) is 9.62 Å². The van der Waals surface area contributed by atoms with E-state index in [0.717, 1.165) is 19.3 Å². The predicted molar refractivity (Wildman–Crippen MR) is 96.8 cm³/mol. The summed E-state index contributed by atoms with van der Waals surface area (Å²) in [4.78, 5) is 14.5. The third-order valence-corrected chi connectivity index (χ3v) is 5.43. The fourth-order valence-electron chi connectivity index (χ4n) is 2.71. The van der Waals surface area contributed by atoms with Gasteiger partial charge in [0.05, 0.1) is 4.90 Å². The molecule has 1 fully saturated rings. The SMILES string of the molecule is C=CCNS(=O)(=O)c1ccc(C(=O)N2CCCCC2CN)cc1.Cl. The number of nitrogens with zero attached hydrogens (tertiary/aromatic N) is 1. The zero-order valence-corrected chi connectivity index (χ0v) is 15.1. The molecule has 0 radical (unpaired) electrons. The lowest BCUT2D eigenvalue weighted by Gasteiger charge is -2.35. The molecule has 1 aromatic rings. The Balaban J connectivity index is 0.00000288. The molecule has 2 rings (SSSR count). The lowest BCUT2D eigenvalue weighted by molar-refractivity contribution is 0.0623. The Morgan fingerprint density at radius 1 is 1.33 bits per heavy atom. The van der Waals surface area contributed by atoms with Crippen LogP contribution in [0.5, 0.6) is 0 Å². The molecular weight excluding hydrogens is 350 g/mol. The van der Waals surface area contributed by atoms with Gasteiger partial charge in [-0.05, 0) is 43.5 Å². The van der Waals surface area contributed by atoms with Crippen LogP contribution in [0.1, 0.15) is 29.6 Å². The van der Waals surface area contributed by atoms with Gasteiger partial charge in [0.2, 0.25) is 10.0 Å². The molecule has 1 saturated heterocycles. The topological polar surface area (TPSA) is 92.5 Å². The number of rotatable bonds is 6. The molecule has 1 amide bonds. The molecule has 1 heterocycles. The average Bonchev–Trinajstić information content (AvgIpc) is 2.59. The lowest BCUT2D eigenvalue weighted by atomic mass is 10.0. The highest BCUT2D eigenvalue weighted by molar-refractivity contribution is 7.89. The van der Waals surface area contributed by atoms with Crippen LogP contribution in [-0.4, -0.2) is 44.9 Å². The fraction of sp³-hybridized carbons (Fsp3) is 0.438. The highest BCUT2D eigenvalue weighted by Gasteiger charge is 2.26. The van der Waals surface area contributed by atoms with Gasteiger partial charge in [-0.1, -0.05) is 6.08 Å². The molecular formula is C16H24ClN3O3S. The normalized spacial score (nSPS) is 17.9. The number of amides is 1. The zero-order chi connectivity index (χ0) is 16.9. The van der Waals surface area contributed by atoms with Crippen molar-refractivity contribution in [2.45, 2.75) is 30.2 Å². The number of hydrogen-bond donors (Lipinski definition) is 2. The zero-order valence-electron chi connectivity index (χ0n) is 13.5. The van der Waals surface area contributed by atoms with Crippen LogP contribution in [0.15, 0.2) is 41.8 Å². The van der Waals surface area contributed by atoms with Gasteiger partial charge in [0.15, 0.2) is 0 Å². The summed E-state index contributed by atoms with van der Waals surface area (Å²) in [5.41, 5.74) is 6.23. The van der Waals surface area contributed by atoms with Crippen molar-refractivity contribution < 1.29 is 13.2 Å². The molecule has 24 heavy (non-hydrogen) atoms. The van der Waals surface area contributed by atoms with Gasteiger partial charge in [-0.2, -0.15) is 0 Å². The molecule has 8 heteroatoms. The molecule has 0 bridgehead atoms. The predicted octanol–water partition coefficient (Wildman–Crippen LogP) is 1.53. The molecule has 3 N–H and O–H groups in total. The lowest BCUT2D eigenvalue weighted by Crippen LogP contribution is -2.47. The van der Waals surface area contributed by atoms with E-state index in [1.807, 2.05) is 0 Å². The number of nitrogens with two attached hydrogens (primary N) is 1. The molecule has 0 spiro atoms. The first kappa shape index (κ1) is 20.6. The van der Waals surface area contributed by atoms with Gasteiger partial charge in [0, 0.05) is 31.2 Å². The van der Waals surface area contributed by atoms with Crippen molar-refractivity contribution in [1.29, 1.82) is 0 Å². The number of benzene rings is 1. The molecule has 1 aliphatic heterocycles. The van der Waals surface area contributed by atoms with Crippen LogP contribution in [0.3, 0.4) is 0 Å². The second kappa shape index (κ2) is 9.17. The summed E-state index contributed by atoms with van der Waals surface area (Å²) < 4.78 is 26.4. The average molecular weight is 374 g/mol. The van der Waals surface area contributed by atoms with Gasteiger partial charge >= 0.3 is 0 Å². The van der Waals surface area contributed by atoms with Crippen molar-refractivity contribution in [2.24, 2.45) is 5.73 Å². The summed E-state index contributed by atoms with van der Waals surface area (Å²) in [6.07, 6.45) is 4.44. The largest absolute Gasteiger partial charge is 0.334 e. The Kier molecular flexibility index (Phi) is 7.89. The van der Waals surface area contributed by atoms with E-state index in [-0.39, 0.29) is 35.8 Å². The maximum absolute atomic E-state index is 12.6. The minimum absolute atomic E-state index is 0. The second-order valence-electron chi connectivity index (χ2n) is 5.55. The molecule has 0 aromatic heterocycles. The van der Waals surface area contributed by atoms with Crippen molar-refractivity contribution in [3.8, 4) is 0 Å². The number of likely N-dealkylation sites (tertiary alicyclic amines) is 1. The van der Waals surface area contributed by atoms with Crippen LogP contribution in [0.25, 0.3) is 0 Å². The number of sulfonamides is 1. The summed E-state index contributed by atoms with van der Waals surface area (Å²) in [6.45, 7) is 4.78. The highest BCUT2D eigenvalue weighted by Crippen LogP contribution is 2.20. The molecule has 6 nitrogen and oxygen atoms in total.